The van der Waals surface area contributed by atoms with E-state index in [1.165, 1.54) is 11.1 Å². The molecule has 5 heteroatoms. The standard InChI is InChI=1S/C19H31N3O2/c1-19(2,9-13-23)15-21-18(24)20-10-5-11-22-12-8-16-6-3-4-7-17(16)14-22/h3-4,6-7,23H,5,8-15H2,1-2H3,(H2,20,21,24). The van der Waals surface area contributed by atoms with Crippen LogP contribution in [0, 0.1) is 5.41 Å². The number of hydrogen-bond acceptors (Lipinski definition) is 3. The number of hydrogen-bond donors (Lipinski definition) is 3. The van der Waals surface area contributed by atoms with Gasteiger partial charge in [0, 0.05) is 39.3 Å². The third-order valence-corrected chi connectivity index (χ3v) is 4.66. The Morgan fingerprint density at radius 2 is 2.00 bits per heavy atom. The molecule has 0 bridgehead atoms. The van der Waals surface area contributed by atoms with Crippen LogP contribution in [0.4, 0.5) is 4.79 Å². The number of carbonyl (C=O) groups is 1. The van der Waals surface area contributed by atoms with Gasteiger partial charge in [0.15, 0.2) is 0 Å². The van der Waals surface area contributed by atoms with Gasteiger partial charge in [-0.2, -0.15) is 0 Å². The van der Waals surface area contributed by atoms with E-state index in [1.54, 1.807) is 0 Å². The van der Waals surface area contributed by atoms with Gasteiger partial charge in [-0.3, -0.25) is 4.90 Å². The summed E-state index contributed by atoms with van der Waals surface area (Å²) in [6.45, 7) is 8.60. The maximum Gasteiger partial charge on any atom is 0.314 e. The number of rotatable bonds is 8. The molecular weight excluding hydrogens is 302 g/mol. The number of benzene rings is 1. The fraction of sp³-hybridized carbons (Fsp3) is 0.632. The second-order valence-corrected chi connectivity index (χ2v) is 7.40. The van der Waals surface area contributed by atoms with Crippen molar-refractivity contribution < 1.29 is 9.90 Å². The van der Waals surface area contributed by atoms with Crippen LogP contribution in [-0.2, 0) is 13.0 Å². The van der Waals surface area contributed by atoms with Gasteiger partial charge in [0.25, 0.3) is 0 Å². The molecule has 0 aliphatic carbocycles. The molecule has 2 amide bonds. The van der Waals surface area contributed by atoms with Crippen molar-refractivity contribution in [2.24, 2.45) is 5.41 Å². The number of urea groups is 1. The van der Waals surface area contributed by atoms with E-state index in [0.29, 0.717) is 19.5 Å². The zero-order valence-corrected chi connectivity index (χ0v) is 15.0. The number of nitrogens with one attached hydrogen (secondary N) is 2. The highest BCUT2D eigenvalue weighted by molar-refractivity contribution is 5.73. The fourth-order valence-electron chi connectivity index (χ4n) is 3.02. The van der Waals surface area contributed by atoms with E-state index >= 15 is 0 Å². The van der Waals surface area contributed by atoms with E-state index in [9.17, 15) is 4.79 Å². The molecule has 134 valence electrons. The predicted octanol–water partition coefficient (Wildman–Crippen LogP) is 2.14. The van der Waals surface area contributed by atoms with E-state index in [0.717, 1.165) is 32.5 Å². The highest BCUT2D eigenvalue weighted by atomic mass is 16.3. The second kappa shape index (κ2) is 9.04. The van der Waals surface area contributed by atoms with Crippen LogP contribution in [-0.4, -0.2) is 48.8 Å². The van der Waals surface area contributed by atoms with Gasteiger partial charge in [0.2, 0.25) is 0 Å². The van der Waals surface area contributed by atoms with Crippen molar-refractivity contribution in [2.45, 2.75) is 39.7 Å². The first-order valence-electron chi connectivity index (χ1n) is 8.92. The van der Waals surface area contributed by atoms with E-state index in [-0.39, 0.29) is 18.1 Å². The number of carbonyl (C=O) groups excluding carboxylic acids is 1. The molecular formula is C19H31N3O2. The largest absolute Gasteiger partial charge is 0.396 e. The Morgan fingerprint density at radius 1 is 1.25 bits per heavy atom. The first kappa shape index (κ1) is 18.7. The minimum Gasteiger partial charge on any atom is -0.396 e. The van der Waals surface area contributed by atoms with E-state index in [2.05, 4.69) is 39.8 Å². The Morgan fingerprint density at radius 3 is 2.75 bits per heavy atom. The monoisotopic (exact) mass is 333 g/mol. The predicted molar refractivity (Wildman–Crippen MR) is 96.9 cm³/mol. The smallest absolute Gasteiger partial charge is 0.314 e. The first-order chi connectivity index (χ1) is 11.5. The van der Waals surface area contributed by atoms with Gasteiger partial charge in [-0.1, -0.05) is 38.1 Å². The number of amides is 2. The lowest BCUT2D eigenvalue weighted by atomic mass is 9.90. The summed E-state index contributed by atoms with van der Waals surface area (Å²) < 4.78 is 0. The number of aliphatic hydroxyl groups excluding tert-OH is 1. The molecule has 0 saturated carbocycles. The summed E-state index contributed by atoms with van der Waals surface area (Å²) in [5.41, 5.74) is 2.82. The van der Waals surface area contributed by atoms with Crippen molar-refractivity contribution in [3.05, 3.63) is 35.4 Å². The van der Waals surface area contributed by atoms with Crippen LogP contribution in [0.2, 0.25) is 0 Å². The van der Waals surface area contributed by atoms with Crippen molar-refractivity contribution >= 4 is 6.03 Å². The van der Waals surface area contributed by atoms with Gasteiger partial charge >= 0.3 is 6.03 Å². The zero-order valence-electron chi connectivity index (χ0n) is 15.0. The van der Waals surface area contributed by atoms with Crippen LogP contribution in [0.5, 0.6) is 0 Å². The van der Waals surface area contributed by atoms with Gasteiger partial charge in [-0.15, -0.1) is 0 Å². The van der Waals surface area contributed by atoms with Crippen LogP contribution in [0.1, 0.15) is 37.8 Å². The molecule has 3 N–H and O–H groups in total. The molecule has 2 rings (SSSR count). The third kappa shape index (κ3) is 6.13. The van der Waals surface area contributed by atoms with Crippen LogP contribution < -0.4 is 10.6 Å². The topological polar surface area (TPSA) is 64.6 Å². The Bertz CT molecular complexity index is 531. The van der Waals surface area contributed by atoms with Crippen molar-refractivity contribution in [1.82, 2.24) is 15.5 Å². The van der Waals surface area contributed by atoms with Gasteiger partial charge in [0.1, 0.15) is 0 Å². The number of aliphatic hydroxyl groups is 1. The normalized spacial score (nSPS) is 15.0. The molecule has 1 aliphatic rings. The van der Waals surface area contributed by atoms with Crippen molar-refractivity contribution in [2.75, 3.05) is 32.8 Å². The SMILES string of the molecule is CC(C)(CCO)CNC(=O)NCCCN1CCc2ccccc2C1. The van der Waals surface area contributed by atoms with Gasteiger partial charge < -0.3 is 15.7 Å². The molecule has 24 heavy (non-hydrogen) atoms. The summed E-state index contributed by atoms with van der Waals surface area (Å²) in [6, 6.07) is 8.52. The van der Waals surface area contributed by atoms with Crippen LogP contribution in [0.15, 0.2) is 24.3 Å². The average molecular weight is 333 g/mol. The Labute approximate surface area is 145 Å². The summed E-state index contributed by atoms with van der Waals surface area (Å²) >= 11 is 0. The molecule has 0 spiro atoms. The van der Waals surface area contributed by atoms with Crippen LogP contribution in [0.25, 0.3) is 0 Å². The highest BCUT2D eigenvalue weighted by Crippen LogP contribution is 2.18. The molecule has 0 atom stereocenters. The molecule has 0 fully saturated rings. The zero-order chi connectivity index (χ0) is 17.4. The van der Waals surface area contributed by atoms with E-state index < -0.39 is 0 Å². The lowest BCUT2D eigenvalue weighted by molar-refractivity contribution is 0.201. The summed E-state index contributed by atoms with van der Waals surface area (Å²) in [5, 5.41) is 14.8. The molecule has 1 heterocycles. The first-order valence-corrected chi connectivity index (χ1v) is 8.92. The molecule has 0 saturated heterocycles. The maximum absolute atomic E-state index is 11.8. The Balaban J connectivity index is 1.59. The van der Waals surface area contributed by atoms with E-state index in [4.69, 9.17) is 5.11 Å². The molecule has 5 nitrogen and oxygen atoms in total. The maximum atomic E-state index is 11.8. The van der Waals surface area contributed by atoms with Gasteiger partial charge in [0.05, 0.1) is 0 Å². The van der Waals surface area contributed by atoms with E-state index in [1.807, 2.05) is 13.8 Å². The Hall–Kier alpha value is -1.59. The number of fused-ring (bicyclic) bond motifs is 1. The van der Waals surface area contributed by atoms with Crippen molar-refractivity contribution in [3.63, 3.8) is 0 Å². The lowest BCUT2D eigenvalue weighted by Crippen LogP contribution is -2.42. The molecule has 1 aliphatic heterocycles. The van der Waals surface area contributed by atoms with Crippen molar-refractivity contribution in [1.29, 1.82) is 0 Å². The fourth-order valence-corrected chi connectivity index (χ4v) is 3.02. The molecule has 0 unspecified atom stereocenters. The molecule has 0 aromatic heterocycles. The van der Waals surface area contributed by atoms with Crippen LogP contribution >= 0.6 is 0 Å². The summed E-state index contributed by atoms with van der Waals surface area (Å²) in [4.78, 5) is 14.3. The third-order valence-electron chi connectivity index (χ3n) is 4.66. The van der Waals surface area contributed by atoms with Gasteiger partial charge in [-0.25, -0.2) is 4.79 Å². The number of nitrogens with zero attached hydrogens (tertiary/aromatic N) is 1. The highest BCUT2D eigenvalue weighted by Gasteiger charge is 2.18. The summed E-state index contributed by atoms with van der Waals surface area (Å²) in [5.74, 6) is 0. The lowest BCUT2D eigenvalue weighted by Gasteiger charge is -2.28. The quantitative estimate of drug-likeness (QED) is 0.639. The molecule has 1 aromatic rings. The molecule has 1 aromatic carbocycles. The van der Waals surface area contributed by atoms with Crippen molar-refractivity contribution in [3.8, 4) is 0 Å². The second-order valence-electron chi connectivity index (χ2n) is 7.40. The molecule has 0 radical (unpaired) electrons. The average Bonchev–Trinajstić information content (AvgIpc) is 2.57. The minimum atomic E-state index is -0.120. The summed E-state index contributed by atoms with van der Waals surface area (Å²) in [7, 11) is 0. The summed E-state index contributed by atoms with van der Waals surface area (Å²) in [6.07, 6.45) is 2.75. The van der Waals surface area contributed by atoms with Crippen LogP contribution in [0.3, 0.4) is 0 Å². The van der Waals surface area contributed by atoms with Gasteiger partial charge in [-0.05, 0) is 35.8 Å². The minimum absolute atomic E-state index is 0.0761. The Kier molecular flexibility index (Phi) is 7.06.